The van der Waals surface area contributed by atoms with E-state index in [1.54, 1.807) is 0 Å². The van der Waals surface area contributed by atoms with E-state index < -0.39 is 0 Å². The van der Waals surface area contributed by atoms with Gasteiger partial charge in [-0.1, -0.05) is 69.3 Å². The summed E-state index contributed by atoms with van der Waals surface area (Å²) in [7, 11) is 2.19. The molecule has 0 spiro atoms. The van der Waals surface area contributed by atoms with Crippen LogP contribution in [0.4, 0.5) is 0 Å². The van der Waals surface area contributed by atoms with E-state index in [1.165, 1.54) is 22.3 Å². The third-order valence-corrected chi connectivity index (χ3v) is 5.72. The molecule has 0 radical (unpaired) electrons. The average molecular weight is 422 g/mol. The molecule has 2 aromatic rings. The first-order valence-electron chi connectivity index (χ1n) is 11.5. The summed E-state index contributed by atoms with van der Waals surface area (Å²) in [6.07, 6.45) is 4.43. The number of hydrogen-bond acceptors (Lipinski definition) is 3. The van der Waals surface area contributed by atoms with Crippen molar-refractivity contribution in [1.82, 2.24) is 4.90 Å². The molecule has 1 aliphatic heterocycles. The number of benzene rings is 2. The Labute approximate surface area is 189 Å². The molecular formula is C28H39NO2. The zero-order chi connectivity index (χ0) is 22.5. The van der Waals surface area contributed by atoms with Crippen LogP contribution >= 0.6 is 0 Å². The van der Waals surface area contributed by atoms with Crippen LogP contribution in [0.1, 0.15) is 64.2 Å². The van der Waals surface area contributed by atoms with Gasteiger partial charge >= 0.3 is 0 Å². The van der Waals surface area contributed by atoms with E-state index in [2.05, 4.69) is 95.1 Å². The molecule has 3 heteroatoms. The molecule has 31 heavy (non-hydrogen) atoms. The lowest BCUT2D eigenvalue weighted by Crippen LogP contribution is -2.39. The topological polar surface area (TPSA) is 21.7 Å². The van der Waals surface area contributed by atoms with Crippen LogP contribution in [0.15, 0.2) is 54.6 Å². The molecule has 168 valence electrons. The molecule has 0 aromatic heterocycles. The Hall–Kier alpha value is -2.10. The number of rotatable bonds is 8. The molecule has 0 fully saturated rings. The van der Waals surface area contributed by atoms with Crippen LogP contribution in [0.25, 0.3) is 5.57 Å². The number of para-hydroxylation sites is 1. The van der Waals surface area contributed by atoms with Gasteiger partial charge in [0.2, 0.25) is 0 Å². The maximum atomic E-state index is 6.21. The Balaban J connectivity index is 1.65. The largest absolute Gasteiger partial charge is 0.488 e. The molecule has 0 bridgehead atoms. The van der Waals surface area contributed by atoms with Crippen molar-refractivity contribution < 1.29 is 9.47 Å². The van der Waals surface area contributed by atoms with Crippen LogP contribution in [-0.2, 0) is 11.3 Å². The van der Waals surface area contributed by atoms with Crippen LogP contribution in [0.2, 0.25) is 0 Å². The van der Waals surface area contributed by atoms with Gasteiger partial charge in [0.25, 0.3) is 0 Å². The van der Waals surface area contributed by atoms with Gasteiger partial charge in [-0.2, -0.15) is 0 Å². The minimum Gasteiger partial charge on any atom is -0.488 e. The summed E-state index contributed by atoms with van der Waals surface area (Å²) in [6, 6.07) is 16.9. The van der Waals surface area contributed by atoms with Crippen LogP contribution < -0.4 is 4.74 Å². The van der Waals surface area contributed by atoms with E-state index in [-0.39, 0.29) is 5.60 Å². The SMILES string of the molecule is CN(CC/C=C1/c2ccccc2COc2ccccc21)CC(C)(C)OCCC(C)(C)C. The normalized spacial score (nSPS) is 15.4. The Morgan fingerprint density at radius 2 is 1.65 bits per heavy atom. The lowest BCUT2D eigenvalue weighted by atomic mass is 9.93. The van der Waals surface area contributed by atoms with Crippen LogP contribution in [0, 0.1) is 5.41 Å². The lowest BCUT2D eigenvalue weighted by molar-refractivity contribution is -0.0442. The van der Waals surface area contributed by atoms with Crippen molar-refractivity contribution in [3.63, 3.8) is 0 Å². The Morgan fingerprint density at radius 3 is 2.39 bits per heavy atom. The lowest BCUT2D eigenvalue weighted by Gasteiger charge is -2.31. The summed E-state index contributed by atoms with van der Waals surface area (Å²) in [5, 5.41) is 0. The molecule has 0 saturated carbocycles. The van der Waals surface area contributed by atoms with Crippen LogP contribution in [0.3, 0.4) is 0 Å². The van der Waals surface area contributed by atoms with Crippen LogP contribution in [-0.4, -0.2) is 37.2 Å². The zero-order valence-corrected chi connectivity index (χ0v) is 20.2. The van der Waals surface area contributed by atoms with Gasteiger partial charge in [-0.25, -0.2) is 0 Å². The third kappa shape index (κ3) is 6.95. The van der Waals surface area contributed by atoms with Gasteiger partial charge < -0.3 is 14.4 Å². The highest BCUT2D eigenvalue weighted by atomic mass is 16.5. The molecule has 0 N–H and O–H groups in total. The van der Waals surface area contributed by atoms with E-state index in [0.717, 1.165) is 38.3 Å². The summed E-state index contributed by atoms with van der Waals surface area (Å²) >= 11 is 0. The van der Waals surface area contributed by atoms with Crippen molar-refractivity contribution in [2.75, 3.05) is 26.7 Å². The second-order valence-corrected chi connectivity index (χ2v) is 10.5. The van der Waals surface area contributed by atoms with Crippen molar-refractivity contribution in [2.45, 2.75) is 59.7 Å². The number of fused-ring (bicyclic) bond motifs is 2. The molecule has 3 rings (SSSR count). The number of nitrogens with zero attached hydrogens (tertiary/aromatic N) is 1. The van der Waals surface area contributed by atoms with Crippen molar-refractivity contribution in [3.05, 3.63) is 71.3 Å². The van der Waals surface area contributed by atoms with Gasteiger partial charge in [0, 0.05) is 25.3 Å². The van der Waals surface area contributed by atoms with E-state index >= 15 is 0 Å². The second-order valence-electron chi connectivity index (χ2n) is 10.5. The van der Waals surface area contributed by atoms with Crippen molar-refractivity contribution in [2.24, 2.45) is 5.41 Å². The molecule has 0 aliphatic carbocycles. The number of likely N-dealkylation sites (N-methyl/N-ethyl adjacent to an activating group) is 1. The molecule has 3 nitrogen and oxygen atoms in total. The molecular weight excluding hydrogens is 382 g/mol. The highest BCUT2D eigenvalue weighted by molar-refractivity contribution is 5.84. The first-order valence-corrected chi connectivity index (χ1v) is 11.5. The first kappa shape index (κ1) is 23.6. The Morgan fingerprint density at radius 1 is 0.968 bits per heavy atom. The van der Waals surface area contributed by atoms with Crippen molar-refractivity contribution in [1.29, 1.82) is 0 Å². The highest BCUT2D eigenvalue weighted by Crippen LogP contribution is 2.36. The van der Waals surface area contributed by atoms with E-state index in [9.17, 15) is 0 Å². The van der Waals surface area contributed by atoms with E-state index in [1.807, 2.05) is 6.07 Å². The maximum absolute atomic E-state index is 6.21. The van der Waals surface area contributed by atoms with Gasteiger partial charge in [-0.05, 0) is 61.9 Å². The first-order chi connectivity index (χ1) is 14.6. The quantitative estimate of drug-likeness (QED) is 0.481. The standard InChI is InChI=1S/C28H39NO2/c1-27(2,3)17-19-31-28(4,5)21-29(6)18-11-15-24-23-13-8-7-12-22(23)20-30-26-16-10-9-14-25(24)26/h7-10,12-16H,11,17-21H2,1-6H3/b24-15-. The second kappa shape index (κ2) is 10.0. The van der Waals surface area contributed by atoms with Gasteiger partial charge in [0.05, 0.1) is 5.60 Å². The van der Waals surface area contributed by atoms with Gasteiger partial charge in [0.1, 0.15) is 12.4 Å². The monoisotopic (exact) mass is 421 g/mol. The number of ether oxygens (including phenoxy) is 2. The summed E-state index contributed by atoms with van der Waals surface area (Å²) in [4.78, 5) is 2.37. The molecule has 1 heterocycles. The zero-order valence-electron chi connectivity index (χ0n) is 20.2. The predicted molar refractivity (Wildman–Crippen MR) is 131 cm³/mol. The van der Waals surface area contributed by atoms with Crippen molar-refractivity contribution in [3.8, 4) is 5.75 Å². The molecule has 2 aromatic carbocycles. The summed E-state index contributed by atoms with van der Waals surface area (Å²) in [6.45, 7) is 14.5. The fraction of sp³-hybridized carbons (Fsp3) is 0.500. The molecule has 0 unspecified atom stereocenters. The Bertz CT molecular complexity index is 842. The minimum atomic E-state index is -0.150. The third-order valence-electron chi connectivity index (χ3n) is 5.72. The molecule has 0 amide bonds. The fourth-order valence-corrected chi connectivity index (χ4v) is 4.08. The maximum Gasteiger partial charge on any atom is 0.127 e. The molecule has 0 saturated heterocycles. The number of hydrogen-bond donors (Lipinski definition) is 0. The van der Waals surface area contributed by atoms with E-state index in [4.69, 9.17) is 9.47 Å². The van der Waals surface area contributed by atoms with Gasteiger partial charge in [-0.15, -0.1) is 0 Å². The average Bonchev–Trinajstić information content (AvgIpc) is 2.84. The predicted octanol–water partition coefficient (Wildman–Crippen LogP) is 6.56. The molecule has 1 aliphatic rings. The summed E-state index contributed by atoms with van der Waals surface area (Å²) in [5.74, 6) is 0.965. The highest BCUT2D eigenvalue weighted by Gasteiger charge is 2.22. The summed E-state index contributed by atoms with van der Waals surface area (Å²) in [5.41, 5.74) is 5.14. The smallest absolute Gasteiger partial charge is 0.127 e. The fourth-order valence-electron chi connectivity index (χ4n) is 4.08. The van der Waals surface area contributed by atoms with Crippen molar-refractivity contribution >= 4 is 5.57 Å². The summed E-state index contributed by atoms with van der Waals surface area (Å²) < 4.78 is 12.3. The van der Waals surface area contributed by atoms with Crippen LogP contribution in [0.5, 0.6) is 5.75 Å². The van der Waals surface area contributed by atoms with Gasteiger partial charge in [0.15, 0.2) is 0 Å². The Kier molecular flexibility index (Phi) is 7.61. The minimum absolute atomic E-state index is 0.150. The van der Waals surface area contributed by atoms with E-state index in [0.29, 0.717) is 12.0 Å². The molecule has 0 atom stereocenters. The van der Waals surface area contributed by atoms with Gasteiger partial charge in [-0.3, -0.25) is 0 Å².